The van der Waals surface area contributed by atoms with Crippen molar-refractivity contribution in [1.29, 1.82) is 0 Å². The number of nitrogens with zero attached hydrogens (tertiary/aromatic N) is 1. The molecule has 0 aliphatic heterocycles. The molecule has 0 saturated carbocycles. The summed E-state index contributed by atoms with van der Waals surface area (Å²) in [4.78, 5) is 2.19. The molecule has 0 unspecified atom stereocenters. The Kier molecular flexibility index (Phi) is 7.75. The van der Waals surface area contributed by atoms with Crippen molar-refractivity contribution < 1.29 is 14.6 Å². The van der Waals surface area contributed by atoms with Gasteiger partial charge in [-0.2, -0.15) is 0 Å². The van der Waals surface area contributed by atoms with Gasteiger partial charge in [-0.25, -0.2) is 0 Å². The van der Waals surface area contributed by atoms with Gasteiger partial charge in [0.2, 0.25) is 0 Å². The van der Waals surface area contributed by atoms with Crippen molar-refractivity contribution in [1.82, 2.24) is 4.90 Å². The number of hydrogen-bond acceptors (Lipinski definition) is 4. The van der Waals surface area contributed by atoms with Crippen LogP contribution in [0.2, 0.25) is 0 Å². The quantitative estimate of drug-likeness (QED) is 0.728. The molecular formula is C20H27NO3. The van der Waals surface area contributed by atoms with Gasteiger partial charge in [-0.1, -0.05) is 48.5 Å². The summed E-state index contributed by atoms with van der Waals surface area (Å²) in [7, 11) is 1.69. The molecule has 2 aromatic rings. The number of aliphatic hydroxyl groups excluding tert-OH is 1. The van der Waals surface area contributed by atoms with Crippen LogP contribution in [-0.2, 0) is 11.3 Å². The molecule has 0 spiro atoms. The first kappa shape index (κ1) is 18.5. The molecule has 0 saturated heterocycles. The summed E-state index contributed by atoms with van der Waals surface area (Å²) in [5.74, 6) is 0.822. The molecule has 0 fully saturated rings. The molecule has 0 bridgehead atoms. The van der Waals surface area contributed by atoms with Gasteiger partial charge >= 0.3 is 0 Å². The van der Waals surface area contributed by atoms with E-state index in [-0.39, 0.29) is 6.61 Å². The number of methoxy groups -OCH3 is 1. The number of aryl methyl sites for hydroxylation is 1. The van der Waals surface area contributed by atoms with Gasteiger partial charge < -0.3 is 14.6 Å². The van der Waals surface area contributed by atoms with E-state index in [1.807, 2.05) is 49.4 Å². The van der Waals surface area contributed by atoms with Crippen molar-refractivity contribution in [3.63, 3.8) is 0 Å². The van der Waals surface area contributed by atoms with Crippen molar-refractivity contribution in [2.45, 2.75) is 19.6 Å². The van der Waals surface area contributed by atoms with Gasteiger partial charge in [-0.05, 0) is 24.1 Å². The summed E-state index contributed by atoms with van der Waals surface area (Å²) >= 11 is 0. The van der Waals surface area contributed by atoms with Crippen LogP contribution in [0.15, 0.2) is 54.6 Å². The van der Waals surface area contributed by atoms with Crippen LogP contribution < -0.4 is 4.74 Å². The molecule has 0 aliphatic rings. The van der Waals surface area contributed by atoms with Crippen LogP contribution in [0.25, 0.3) is 0 Å². The lowest BCUT2D eigenvalue weighted by molar-refractivity contribution is 0.0540. The topological polar surface area (TPSA) is 41.9 Å². The maximum atomic E-state index is 10.3. The van der Waals surface area contributed by atoms with Gasteiger partial charge in [0.15, 0.2) is 0 Å². The maximum Gasteiger partial charge on any atom is 0.122 e. The molecule has 4 nitrogen and oxygen atoms in total. The number of ether oxygens (including phenoxy) is 2. The van der Waals surface area contributed by atoms with Crippen LogP contribution in [0.1, 0.15) is 11.1 Å². The lowest BCUT2D eigenvalue weighted by Gasteiger charge is -2.25. The van der Waals surface area contributed by atoms with E-state index in [2.05, 4.69) is 17.0 Å². The second-order valence-electron chi connectivity index (χ2n) is 5.94. The predicted molar refractivity (Wildman–Crippen MR) is 96.3 cm³/mol. The van der Waals surface area contributed by atoms with Gasteiger partial charge in [0.1, 0.15) is 18.5 Å². The Balaban J connectivity index is 1.86. The molecule has 0 amide bonds. The molecule has 2 aromatic carbocycles. The molecule has 0 aromatic heterocycles. The Labute approximate surface area is 144 Å². The first-order valence-electron chi connectivity index (χ1n) is 8.30. The van der Waals surface area contributed by atoms with Crippen molar-refractivity contribution in [3.8, 4) is 5.75 Å². The van der Waals surface area contributed by atoms with Gasteiger partial charge in [-0.15, -0.1) is 0 Å². The summed E-state index contributed by atoms with van der Waals surface area (Å²) in [5, 5.41) is 10.3. The molecule has 2 rings (SSSR count). The zero-order valence-electron chi connectivity index (χ0n) is 14.5. The minimum atomic E-state index is -0.551. The van der Waals surface area contributed by atoms with Crippen LogP contribution in [-0.4, -0.2) is 49.5 Å². The summed E-state index contributed by atoms with van der Waals surface area (Å²) < 4.78 is 10.9. The lowest BCUT2D eigenvalue weighted by atomic mass is 10.2. The van der Waals surface area contributed by atoms with Crippen LogP contribution in [0, 0.1) is 6.92 Å². The first-order chi connectivity index (χ1) is 11.7. The summed E-state index contributed by atoms with van der Waals surface area (Å²) in [6.45, 7) is 5.02. The van der Waals surface area contributed by atoms with E-state index in [1.165, 1.54) is 5.56 Å². The highest BCUT2D eigenvalue weighted by Gasteiger charge is 2.13. The molecule has 1 atom stereocenters. The van der Waals surface area contributed by atoms with E-state index < -0.39 is 6.10 Å². The average molecular weight is 329 g/mol. The van der Waals surface area contributed by atoms with Crippen molar-refractivity contribution in [2.24, 2.45) is 0 Å². The van der Waals surface area contributed by atoms with Gasteiger partial charge in [0.25, 0.3) is 0 Å². The molecule has 1 N–H and O–H groups in total. The van der Waals surface area contributed by atoms with E-state index in [0.29, 0.717) is 13.2 Å². The van der Waals surface area contributed by atoms with E-state index in [0.717, 1.165) is 24.4 Å². The molecule has 130 valence electrons. The third kappa shape index (κ3) is 6.32. The van der Waals surface area contributed by atoms with Crippen molar-refractivity contribution in [2.75, 3.05) is 33.4 Å². The summed E-state index contributed by atoms with van der Waals surface area (Å²) in [5.41, 5.74) is 2.30. The number of benzene rings is 2. The Morgan fingerprint density at radius 3 is 2.46 bits per heavy atom. The molecule has 0 aliphatic carbocycles. The minimum absolute atomic E-state index is 0.281. The zero-order chi connectivity index (χ0) is 17.2. The van der Waals surface area contributed by atoms with Gasteiger partial charge in [-0.3, -0.25) is 4.90 Å². The second kappa shape index (κ2) is 10.1. The predicted octanol–water partition coefficient (Wildman–Crippen LogP) is 2.88. The van der Waals surface area contributed by atoms with Crippen LogP contribution in [0.4, 0.5) is 0 Å². The number of hydrogen-bond donors (Lipinski definition) is 1. The van der Waals surface area contributed by atoms with E-state index >= 15 is 0 Å². The Morgan fingerprint density at radius 1 is 1.04 bits per heavy atom. The number of rotatable bonds is 10. The molecule has 0 heterocycles. The van der Waals surface area contributed by atoms with Crippen LogP contribution >= 0.6 is 0 Å². The largest absolute Gasteiger partial charge is 0.491 e. The van der Waals surface area contributed by atoms with Crippen LogP contribution in [0.3, 0.4) is 0 Å². The van der Waals surface area contributed by atoms with Gasteiger partial charge in [0, 0.05) is 26.7 Å². The molecule has 0 radical (unpaired) electrons. The van der Waals surface area contributed by atoms with Crippen molar-refractivity contribution in [3.05, 3.63) is 65.7 Å². The third-order valence-corrected chi connectivity index (χ3v) is 3.85. The number of aliphatic hydroxyl groups is 1. The van der Waals surface area contributed by atoms with E-state index in [4.69, 9.17) is 9.47 Å². The van der Waals surface area contributed by atoms with Crippen molar-refractivity contribution >= 4 is 0 Å². The highest BCUT2D eigenvalue weighted by atomic mass is 16.5. The Morgan fingerprint density at radius 2 is 1.75 bits per heavy atom. The second-order valence-corrected chi connectivity index (χ2v) is 5.94. The highest BCUT2D eigenvalue weighted by molar-refractivity contribution is 5.31. The Hall–Kier alpha value is -1.88. The number of para-hydroxylation sites is 1. The Bertz CT molecular complexity index is 588. The smallest absolute Gasteiger partial charge is 0.122 e. The molecular weight excluding hydrogens is 302 g/mol. The fourth-order valence-electron chi connectivity index (χ4n) is 2.55. The standard InChI is InChI=1S/C20H27NO3/c1-17-8-6-7-11-20(17)24-16-19(22)15-21(12-13-23-2)14-18-9-4-3-5-10-18/h3-11,19,22H,12-16H2,1-2H3/t19-/m1/s1. The maximum absolute atomic E-state index is 10.3. The van der Waals surface area contributed by atoms with E-state index in [1.54, 1.807) is 7.11 Å². The third-order valence-electron chi connectivity index (χ3n) is 3.85. The first-order valence-corrected chi connectivity index (χ1v) is 8.30. The monoisotopic (exact) mass is 329 g/mol. The summed E-state index contributed by atoms with van der Waals surface area (Å²) in [6, 6.07) is 18.1. The average Bonchev–Trinajstić information content (AvgIpc) is 2.60. The molecule has 24 heavy (non-hydrogen) atoms. The fraction of sp³-hybridized carbons (Fsp3) is 0.400. The SMILES string of the molecule is COCCN(Cc1ccccc1)C[C@@H](O)COc1ccccc1C. The fourth-order valence-corrected chi connectivity index (χ4v) is 2.55. The summed E-state index contributed by atoms with van der Waals surface area (Å²) in [6.07, 6.45) is -0.551. The minimum Gasteiger partial charge on any atom is -0.491 e. The van der Waals surface area contributed by atoms with Gasteiger partial charge in [0.05, 0.1) is 6.61 Å². The zero-order valence-corrected chi connectivity index (χ0v) is 14.5. The lowest BCUT2D eigenvalue weighted by Crippen LogP contribution is -2.37. The van der Waals surface area contributed by atoms with E-state index in [9.17, 15) is 5.11 Å². The van der Waals surface area contributed by atoms with Crippen LogP contribution in [0.5, 0.6) is 5.75 Å². The molecule has 4 heteroatoms. The highest BCUT2D eigenvalue weighted by Crippen LogP contribution is 2.16. The normalized spacial score (nSPS) is 12.3.